The Kier molecular flexibility index (Phi) is 7.09. The molecule has 0 radical (unpaired) electrons. The number of nitrogens with zero attached hydrogens (tertiary/aromatic N) is 7. The van der Waals surface area contributed by atoms with Gasteiger partial charge in [-0.15, -0.1) is 15.0 Å². The first-order chi connectivity index (χ1) is 13.0. The van der Waals surface area contributed by atoms with E-state index in [0.29, 0.717) is 16.4 Å². The Morgan fingerprint density at radius 2 is 1.89 bits per heavy atom. The fraction of sp³-hybridized carbons (Fsp3) is 0.400. The number of benzene rings is 1. The molecule has 1 aromatic heterocycles. The second-order valence-corrected chi connectivity index (χ2v) is 5.74. The topological polar surface area (TPSA) is 145 Å². The molecular weight excluding hydrogens is 378 g/mol. The van der Waals surface area contributed by atoms with Gasteiger partial charge in [-0.2, -0.15) is 0 Å². The van der Waals surface area contributed by atoms with E-state index >= 15 is 0 Å². The van der Waals surface area contributed by atoms with Gasteiger partial charge in [-0.05, 0) is 47.9 Å². The molecule has 0 aliphatic rings. The first kappa shape index (κ1) is 20.1. The van der Waals surface area contributed by atoms with Crippen LogP contribution in [0.1, 0.15) is 18.9 Å². The molecular formula is C15H16ClN7O4. The Morgan fingerprint density at radius 1 is 1.22 bits per heavy atom. The average molecular weight is 394 g/mol. The Bertz CT molecular complexity index is 848. The van der Waals surface area contributed by atoms with Crippen LogP contribution in [-0.2, 0) is 19.1 Å². The highest BCUT2D eigenvalue weighted by Gasteiger charge is 2.28. The van der Waals surface area contributed by atoms with Crippen molar-refractivity contribution in [3.8, 4) is 11.4 Å². The largest absolute Gasteiger partial charge is 0.469 e. The normalized spacial score (nSPS) is 12.6. The lowest BCUT2D eigenvalue weighted by molar-refractivity contribution is -0.147. The van der Waals surface area contributed by atoms with Crippen LogP contribution in [0, 0.1) is 0 Å². The van der Waals surface area contributed by atoms with Gasteiger partial charge in [0.2, 0.25) is 5.82 Å². The van der Waals surface area contributed by atoms with Crippen molar-refractivity contribution in [2.75, 3.05) is 14.2 Å². The summed E-state index contributed by atoms with van der Waals surface area (Å²) >= 11 is 5.85. The molecule has 0 aliphatic carbocycles. The minimum Gasteiger partial charge on any atom is -0.469 e. The van der Waals surface area contributed by atoms with Gasteiger partial charge in [-0.3, -0.25) is 4.79 Å². The summed E-state index contributed by atoms with van der Waals surface area (Å²) in [6.07, 6.45) is 0.107. The highest BCUT2D eigenvalue weighted by atomic mass is 35.5. The molecule has 0 amide bonds. The number of tetrazole rings is 1. The standard InChI is InChI=1S/C15H16ClN7O4/c1-26-14(24)11(18-21-17)7-8-12(15(25)27-2)23-20-13(19-22-23)9-3-5-10(16)6-4-9/h3-6,11-12H,7-8H2,1-2H3. The number of hydrogen-bond donors (Lipinski definition) is 0. The Hall–Kier alpha value is -3.17. The molecule has 0 fully saturated rings. The molecule has 0 spiro atoms. The summed E-state index contributed by atoms with van der Waals surface area (Å²) in [5, 5.41) is 16.0. The molecule has 12 heteroatoms. The molecule has 0 bridgehead atoms. The van der Waals surface area contributed by atoms with Crippen LogP contribution >= 0.6 is 11.6 Å². The molecule has 1 heterocycles. The van der Waals surface area contributed by atoms with Gasteiger partial charge < -0.3 is 9.47 Å². The quantitative estimate of drug-likeness (QED) is 0.289. The molecule has 0 N–H and O–H groups in total. The number of aromatic nitrogens is 4. The van der Waals surface area contributed by atoms with Crippen molar-refractivity contribution < 1.29 is 19.1 Å². The molecule has 0 saturated carbocycles. The van der Waals surface area contributed by atoms with Gasteiger partial charge >= 0.3 is 11.9 Å². The second kappa shape index (κ2) is 9.51. The van der Waals surface area contributed by atoms with Gasteiger partial charge in [-0.1, -0.05) is 16.7 Å². The van der Waals surface area contributed by atoms with E-state index < -0.39 is 24.0 Å². The van der Waals surface area contributed by atoms with Crippen LogP contribution in [0.5, 0.6) is 0 Å². The second-order valence-electron chi connectivity index (χ2n) is 5.30. The van der Waals surface area contributed by atoms with Gasteiger partial charge in [0, 0.05) is 15.5 Å². The maximum atomic E-state index is 12.1. The van der Waals surface area contributed by atoms with E-state index in [9.17, 15) is 9.59 Å². The molecule has 2 atom stereocenters. The zero-order valence-electron chi connectivity index (χ0n) is 14.5. The smallest absolute Gasteiger partial charge is 0.332 e. The van der Waals surface area contributed by atoms with Crippen LogP contribution < -0.4 is 0 Å². The van der Waals surface area contributed by atoms with Crippen molar-refractivity contribution in [1.29, 1.82) is 0 Å². The molecule has 2 unspecified atom stereocenters. The number of methoxy groups -OCH3 is 2. The summed E-state index contributed by atoms with van der Waals surface area (Å²) in [6.45, 7) is 0. The van der Waals surface area contributed by atoms with E-state index in [1.165, 1.54) is 14.2 Å². The number of halogens is 1. The highest BCUT2D eigenvalue weighted by Crippen LogP contribution is 2.21. The molecule has 27 heavy (non-hydrogen) atoms. The number of carbonyl (C=O) groups is 2. The predicted molar refractivity (Wildman–Crippen MR) is 93.5 cm³/mol. The molecule has 2 aromatic rings. The molecule has 1 aromatic carbocycles. The van der Waals surface area contributed by atoms with Crippen LogP contribution in [0.2, 0.25) is 5.02 Å². The fourth-order valence-corrected chi connectivity index (χ4v) is 2.40. The predicted octanol–water partition coefficient (Wildman–Crippen LogP) is 2.34. The van der Waals surface area contributed by atoms with Crippen molar-refractivity contribution in [3.63, 3.8) is 0 Å². The minimum atomic E-state index is -1.08. The van der Waals surface area contributed by atoms with E-state index in [1.807, 2.05) is 0 Å². The lowest BCUT2D eigenvalue weighted by atomic mass is 10.1. The van der Waals surface area contributed by atoms with Crippen molar-refractivity contribution in [2.45, 2.75) is 24.9 Å². The molecule has 142 valence electrons. The minimum absolute atomic E-state index is 0.0360. The Balaban J connectivity index is 2.21. The first-order valence-electron chi connectivity index (χ1n) is 7.75. The van der Waals surface area contributed by atoms with Gasteiger partial charge in [0.1, 0.15) is 6.04 Å². The number of hydrogen-bond acceptors (Lipinski definition) is 8. The number of carbonyl (C=O) groups excluding carboxylic acids is 2. The third kappa shape index (κ3) is 5.16. The summed E-state index contributed by atoms with van der Waals surface area (Å²) in [4.78, 5) is 27.5. The average Bonchev–Trinajstić information content (AvgIpc) is 3.16. The van der Waals surface area contributed by atoms with Crippen molar-refractivity contribution >= 4 is 23.5 Å². The summed E-state index contributed by atoms with van der Waals surface area (Å²) in [6, 6.07) is 4.75. The SMILES string of the molecule is COC(=O)C(CCC(C(=O)OC)n1nnc(-c2ccc(Cl)cc2)n1)N=[N+]=[N-]. The zero-order valence-corrected chi connectivity index (χ0v) is 15.3. The molecule has 2 rings (SSSR count). The number of azide groups is 1. The Morgan fingerprint density at radius 3 is 2.48 bits per heavy atom. The summed E-state index contributed by atoms with van der Waals surface area (Å²) in [5.41, 5.74) is 9.24. The van der Waals surface area contributed by atoms with Crippen molar-refractivity contribution in [3.05, 3.63) is 39.7 Å². The summed E-state index contributed by atoms with van der Waals surface area (Å²) in [5.74, 6) is -1.04. The van der Waals surface area contributed by atoms with E-state index in [0.717, 1.165) is 4.80 Å². The third-order valence-electron chi connectivity index (χ3n) is 3.66. The van der Waals surface area contributed by atoms with Crippen LogP contribution in [-0.4, -0.2) is 52.4 Å². The van der Waals surface area contributed by atoms with E-state index in [1.54, 1.807) is 24.3 Å². The van der Waals surface area contributed by atoms with Gasteiger partial charge in [0.15, 0.2) is 6.04 Å². The highest BCUT2D eigenvalue weighted by molar-refractivity contribution is 6.30. The summed E-state index contributed by atoms with van der Waals surface area (Å²) in [7, 11) is 2.40. The third-order valence-corrected chi connectivity index (χ3v) is 3.91. The molecule has 0 saturated heterocycles. The van der Waals surface area contributed by atoms with Gasteiger partial charge in [0.25, 0.3) is 0 Å². The van der Waals surface area contributed by atoms with Crippen molar-refractivity contribution in [2.24, 2.45) is 5.11 Å². The molecule has 11 nitrogen and oxygen atoms in total. The van der Waals surface area contributed by atoms with E-state index in [-0.39, 0.29) is 12.8 Å². The van der Waals surface area contributed by atoms with E-state index in [2.05, 4.69) is 30.2 Å². The van der Waals surface area contributed by atoms with E-state index in [4.69, 9.17) is 21.9 Å². The first-order valence-corrected chi connectivity index (χ1v) is 8.13. The van der Waals surface area contributed by atoms with Crippen LogP contribution in [0.25, 0.3) is 21.8 Å². The number of rotatable bonds is 8. The number of ether oxygens (including phenoxy) is 2. The monoisotopic (exact) mass is 393 g/mol. The maximum Gasteiger partial charge on any atom is 0.332 e. The van der Waals surface area contributed by atoms with Crippen LogP contribution in [0.15, 0.2) is 29.4 Å². The van der Waals surface area contributed by atoms with Gasteiger partial charge in [0.05, 0.1) is 14.2 Å². The lowest BCUT2D eigenvalue weighted by Gasteiger charge is -2.15. The molecule has 0 aliphatic heterocycles. The fourth-order valence-electron chi connectivity index (χ4n) is 2.27. The Labute approximate surface area is 158 Å². The van der Waals surface area contributed by atoms with Crippen LogP contribution in [0.3, 0.4) is 0 Å². The summed E-state index contributed by atoms with van der Waals surface area (Å²) < 4.78 is 9.35. The maximum absolute atomic E-state index is 12.1. The van der Waals surface area contributed by atoms with Gasteiger partial charge in [-0.25, -0.2) is 4.79 Å². The lowest BCUT2D eigenvalue weighted by Crippen LogP contribution is -2.27. The van der Waals surface area contributed by atoms with Crippen molar-refractivity contribution in [1.82, 2.24) is 20.2 Å². The number of esters is 2. The zero-order chi connectivity index (χ0) is 19.8. The van der Waals surface area contributed by atoms with Crippen LogP contribution in [0.4, 0.5) is 0 Å².